The first kappa shape index (κ1) is 21.0. The minimum absolute atomic E-state index is 0.120. The van der Waals surface area contributed by atoms with Gasteiger partial charge in [0.2, 0.25) is 0 Å². The molecule has 1 aromatic rings. The fourth-order valence-electron chi connectivity index (χ4n) is 3.39. The summed E-state index contributed by atoms with van der Waals surface area (Å²) in [5.74, 6) is 0. The van der Waals surface area contributed by atoms with E-state index in [0.29, 0.717) is 19.6 Å². The maximum Gasteiger partial charge on any atom is 0.410 e. The molecule has 9 heteroatoms. The van der Waals surface area contributed by atoms with Crippen LogP contribution in [0, 0.1) is 0 Å². The van der Waals surface area contributed by atoms with Gasteiger partial charge in [-0.05, 0) is 31.2 Å². The lowest BCUT2D eigenvalue weighted by Crippen LogP contribution is -2.39. The average Bonchev–Trinajstić information content (AvgIpc) is 3.08. The molecule has 0 N–H and O–H groups in total. The topological polar surface area (TPSA) is 91.4 Å². The number of amides is 1. The quantitative estimate of drug-likeness (QED) is 0.633. The third-order valence-corrected chi connectivity index (χ3v) is 5.34. The molecular weight excluding hydrogens is 386 g/mol. The lowest BCUT2D eigenvalue weighted by Gasteiger charge is -2.25. The van der Waals surface area contributed by atoms with Gasteiger partial charge in [-0.3, -0.25) is 4.18 Å². The van der Waals surface area contributed by atoms with Crippen molar-refractivity contribution in [3.05, 3.63) is 35.9 Å². The van der Waals surface area contributed by atoms with Gasteiger partial charge in [-0.2, -0.15) is 8.42 Å². The van der Waals surface area contributed by atoms with E-state index >= 15 is 0 Å². The van der Waals surface area contributed by atoms with E-state index in [4.69, 9.17) is 18.4 Å². The minimum atomic E-state index is -3.60. The van der Waals surface area contributed by atoms with Crippen LogP contribution < -0.4 is 0 Å². The Morgan fingerprint density at radius 1 is 1.25 bits per heavy atom. The molecule has 3 rings (SSSR count). The van der Waals surface area contributed by atoms with Crippen molar-refractivity contribution in [3.8, 4) is 0 Å². The van der Waals surface area contributed by atoms with Crippen LogP contribution in [0.1, 0.15) is 31.2 Å². The van der Waals surface area contributed by atoms with Gasteiger partial charge in [0.1, 0.15) is 6.61 Å². The maximum absolute atomic E-state index is 12.6. The van der Waals surface area contributed by atoms with Gasteiger partial charge in [-0.25, -0.2) is 4.79 Å². The predicted octanol–water partition coefficient (Wildman–Crippen LogP) is 2.29. The summed E-state index contributed by atoms with van der Waals surface area (Å²) >= 11 is 0. The van der Waals surface area contributed by atoms with Gasteiger partial charge in [-0.1, -0.05) is 30.3 Å². The average molecular weight is 413 g/mol. The number of likely N-dealkylation sites (tertiary alicyclic amines) is 1. The molecular formula is C19H27NO7S. The molecule has 0 aromatic heterocycles. The number of nitrogens with zero attached hydrogens (tertiary/aromatic N) is 1. The molecule has 0 spiro atoms. The number of rotatable bonds is 7. The summed E-state index contributed by atoms with van der Waals surface area (Å²) in [4.78, 5) is 14.1. The number of ether oxygens (including phenoxy) is 3. The standard InChI is InChI=1S/C19H27NO7S/c1-28(22,23)26-14-16-11-17(27-18-9-5-6-10-24-18)12-20(16)19(21)25-13-15-7-3-2-4-8-15/h2-4,7-8,16-18H,5-6,9-14H2,1H3/t16-,17+,18?/m0/s1. The van der Waals surface area contributed by atoms with Crippen LogP contribution in [0.3, 0.4) is 0 Å². The highest BCUT2D eigenvalue weighted by Crippen LogP contribution is 2.26. The normalized spacial score (nSPS) is 25.6. The number of carbonyl (C=O) groups excluding carboxylic acids is 1. The zero-order valence-electron chi connectivity index (χ0n) is 16.0. The second-order valence-electron chi connectivity index (χ2n) is 7.12. The molecule has 2 fully saturated rings. The van der Waals surface area contributed by atoms with E-state index in [1.807, 2.05) is 30.3 Å². The Morgan fingerprint density at radius 3 is 2.71 bits per heavy atom. The molecule has 2 aliphatic heterocycles. The van der Waals surface area contributed by atoms with Crippen molar-refractivity contribution in [3.63, 3.8) is 0 Å². The first-order chi connectivity index (χ1) is 13.4. The van der Waals surface area contributed by atoms with Crippen LogP contribution in [0.4, 0.5) is 4.79 Å². The van der Waals surface area contributed by atoms with Crippen LogP contribution >= 0.6 is 0 Å². The van der Waals surface area contributed by atoms with Crippen molar-refractivity contribution in [1.82, 2.24) is 4.90 Å². The molecule has 0 radical (unpaired) electrons. The lowest BCUT2D eigenvalue weighted by molar-refractivity contribution is -0.185. The number of benzene rings is 1. The smallest absolute Gasteiger partial charge is 0.410 e. The molecule has 2 saturated heterocycles. The van der Waals surface area contributed by atoms with E-state index in [9.17, 15) is 13.2 Å². The van der Waals surface area contributed by atoms with Crippen molar-refractivity contribution >= 4 is 16.2 Å². The minimum Gasteiger partial charge on any atom is -0.445 e. The summed E-state index contributed by atoms with van der Waals surface area (Å²) in [5, 5.41) is 0. The molecule has 1 aromatic carbocycles. The molecule has 0 aliphatic carbocycles. The Bertz CT molecular complexity index is 734. The van der Waals surface area contributed by atoms with Gasteiger partial charge in [0, 0.05) is 6.61 Å². The summed E-state index contributed by atoms with van der Waals surface area (Å²) in [5.41, 5.74) is 0.877. The summed E-state index contributed by atoms with van der Waals surface area (Å²) in [7, 11) is -3.60. The van der Waals surface area contributed by atoms with Crippen LogP contribution in [-0.4, -0.2) is 63.9 Å². The largest absolute Gasteiger partial charge is 0.445 e. The fraction of sp³-hybridized carbons (Fsp3) is 0.632. The van der Waals surface area contributed by atoms with Crippen LogP contribution in [0.2, 0.25) is 0 Å². The molecule has 2 heterocycles. The second-order valence-corrected chi connectivity index (χ2v) is 8.77. The van der Waals surface area contributed by atoms with Crippen LogP contribution in [0.5, 0.6) is 0 Å². The van der Waals surface area contributed by atoms with Crippen LogP contribution in [0.15, 0.2) is 30.3 Å². The van der Waals surface area contributed by atoms with E-state index in [1.54, 1.807) is 0 Å². The Hall–Kier alpha value is -1.68. The van der Waals surface area contributed by atoms with Gasteiger partial charge < -0.3 is 19.1 Å². The third kappa shape index (κ3) is 6.44. The summed E-state index contributed by atoms with van der Waals surface area (Å²) in [6, 6.07) is 8.93. The van der Waals surface area contributed by atoms with E-state index in [2.05, 4.69) is 0 Å². The first-order valence-corrected chi connectivity index (χ1v) is 11.3. The SMILES string of the molecule is CS(=O)(=O)OC[C@@H]1C[C@@H](OC2CCCCO2)CN1C(=O)OCc1ccccc1. The highest BCUT2D eigenvalue weighted by molar-refractivity contribution is 7.85. The number of hydrogen-bond acceptors (Lipinski definition) is 7. The Morgan fingerprint density at radius 2 is 2.04 bits per heavy atom. The Labute approximate surface area is 165 Å². The fourth-order valence-corrected chi connectivity index (χ4v) is 3.80. The zero-order chi connectivity index (χ0) is 20.0. The van der Waals surface area contributed by atoms with E-state index in [0.717, 1.165) is 31.1 Å². The van der Waals surface area contributed by atoms with Gasteiger partial charge in [0.05, 0.1) is 31.6 Å². The van der Waals surface area contributed by atoms with Crippen molar-refractivity contribution < 1.29 is 31.6 Å². The summed E-state index contributed by atoms with van der Waals surface area (Å²) < 4.78 is 44.7. The number of carbonyl (C=O) groups is 1. The van der Waals surface area contributed by atoms with Crippen LogP contribution in [-0.2, 0) is 35.1 Å². The molecule has 0 saturated carbocycles. The van der Waals surface area contributed by atoms with Gasteiger partial charge in [0.25, 0.3) is 10.1 Å². The molecule has 1 amide bonds. The number of hydrogen-bond donors (Lipinski definition) is 0. The van der Waals surface area contributed by atoms with Crippen molar-refractivity contribution in [2.45, 2.75) is 50.7 Å². The molecule has 8 nitrogen and oxygen atoms in total. The third-order valence-electron chi connectivity index (χ3n) is 4.77. The summed E-state index contributed by atoms with van der Waals surface area (Å²) in [6.07, 6.45) is 3.30. The maximum atomic E-state index is 12.6. The Balaban J connectivity index is 1.59. The molecule has 3 atom stereocenters. The van der Waals surface area contributed by atoms with E-state index in [-0.39, 0.29) is 25.6 Å². The predicted molar refractivity (Wildman–Crippen MR) is 101 cm³/mol. The molecule has 28 heavy (non-hydrogen) atoms. The molecule has 156 valence electrons. The second kappa shape index (κ2) is 9.69. The van der Waals surface area contributed by atoms with Crippen LogP contribution in [0.25, 0.3) is 0 Å². The van der Waals surface area contributed by atoms with Crippen molar-refractivity contribution in [1.29, 1.82) is 0 Å². The van der Waals surface area contributed by atoms with Gasteiger partial charge >= 0.3 is 6.09 Å². The molecule has 2 aliphatic rings. The van der Waals surface area contributed by atoms with Crippen molar-refractivity contribution in [2.75, 3.05) is 26.0 Å². The Kier molecular flexibility index (Phi) is 7.28. The molecule has 0 bridgehead atoms. The summed E-state index contributed by atoms with van der Waals surface area (Å²) in [6.45, 7) is 1.00. The van der Waals surface area contributed by atoms with E-state index in [1.165, 1.54) is 4.90 Å². The highest BCUT2D eigenvalue weighted by atomic mass is 32.2. The highest BCUT2D eigenvalue weighted by Gasteiger charge is 2.39. The van der Waals surface area contributed by atoms with Crippen molar-refractivity contribution in [2.24, 2.45) is 0 Å². The molecule has 1 unspecified atom stereocenters. The monoisotopic (exact) mass is 413 g/mol. The van der Waals surface area contributed by atoms with Gasteiger partial charge in [0.15, 0.2) is 6.29 Å². The van der Waals surface area contributed by atoms with Gasteiger partial charge in [-0.15, -0.1) is 0 Å². The van der Waals surface area contributed by atoms with E-state index < -0.39 is 22.3 Å². The lowest BCUT2D eigenvalue weighted by atomic mass is 10.2. The zero-order valence-corrected chi connectivity index (χ0v) is 16.8. The first-order valence-electron chi connectivity index (χ1n) is 9.49.